The average Bonchev–Trinajstić information content (AvgIpc) is 3.11. The molecule has 0 aliphatic carbocycles. The van der Waals surface area contributed by atoms with Crippen molar-refractivity contribution in [2.75, 3.05) is 6.61 Å². The van der Waals surface area contributed by atoms with E-state index in [1.54, 1.807) is 13.8 Å². The number of nitrogens with zero attached hydrogens (tertiary/aromatic N) is 2. The van der Waals surface area contributed by atoms with Gasteiger partial charge in [0.2, 0.25) is 5.13 Å². The van der Waals surface area contributed by atoms with Crippen molar-refractivity contribution < 1.29 is 9.53 Å². The lowest BCUT2D eigenvalue weighted by atomic mass is 10.1. The number of nitrogens with one attached hydrogen (secondary N) is 1. The van der Waals surface area contributed by atoms with Crippen LogP contribution in [0.5, 0.6) is 0 Å². The van der Waals surface area contributed by atoms with Gasteiger partial charge in [-0.1, -0.05) is 41.7 Å². The van der Waals surface area contributed by atoms with E-state index in [1.807, 2.05) is 37.3 Å². The molecule has 1 aromatic carbocycles. The Kier molecular flexibility index (Phi) is 4.85. The quantitative estimate of drug-likeness (QED) is 0.712. The van der Waals surface area contributed by atoms with Crippen molar-refractivity contribution in [3.63, 3.8) is 0 Å². The SMILES string of the molecule is CCOC(=O)c1sc(-n2[nH]c(C)c(Cc3ccccc3)c2=O)nc1C. The minimum Gasteiger partial charge on any atom is -0.462 e. The second-order valence-corrected chi connectivity index (χ2v) is 6.63. The molecule has 0 fully saturated rings. The van der Waals surface area contributed by atoms with Crippen LogP contribution in [0, 0.1) is 13.8 Å². The normalized spacial score (nSPS) is 10.8. The zero-order valence-corrected chi connectivity index (χ0v) is 15.1. The fourth-order valence-electron chi connectivity index (χ4n) is 2.59. The third-order valence-corrected chi connectivity index (χ3v) is 4.98. The van der Waals surface area contributed by atoms with Crippen LogP contribution in [0.15, 0.2) is 35.1 Å². The second kappa shape index (κ2) is 7.06. The molecule has 0 atom stereocenters. The molecule has 130 valence electrons. The highest BCUT2D eigenvalue weighted by molar-refractivity contribution is 7.16. The average molecular weight is 357 g/mol. The van der Waals surface area contributed by atoms with Crippen LogP contribution in [0.2, 0.25) is 0 Å². The highest BCUT2D eigenvalue weighted by Gasteiger charge is 2.20. The number of H-pyrrole nitrogens is 1. The Morgan fingerprint density at radius 2 is 2.00 bits per heavy atom. The van der Waals surface area contributed by atoms with Crippen LogP contribution < -0.4 is 5.56 Å². The Morgan fingerprint density at radius 3 is 2.68 bits per heavy atom. The monoisotopic (exact) mass is 357 g/mol. The molecule has 0 amide bonds. The summed E-state index contributed by atoms with van der Waals surface area (Å²) in [5.41, 5.74) is 2.96. The molecule has 3 aromatic rings. The fourth-order valence-corrected chi connectivity index (χ4v) is 3.51. The Balaban J connectivity index is 1.97. The molecule has 7 heteroatoms. The van der Waals surface area contributed by atoms with Gasteiger partial charge in [-0.15, -0.1) is 0 Å². The maximum atomic E-state index is 12.8. The number of carbonyl (C=O) groups is 1. The fraction of sp³-hybridized carbons (Fsp3) is 0.278. The number of benzene rings is 1. The number of rotatable bonds is 5. The molecule has 6 nitrogen and oxygen atoms in total. The molecule has 0 bridgehead atoms. The van der Waals surface area contributed by atoms with Crippen LogP contribution in [0.1, 0.15) is 39.1 Å². The van der Waals surface area contributed by atoms with E-state index >= 15 is 0 Å². The van der Waals surface area contributed by atoms with Gasteiger partial charge >= 0.3 is 5.97 Å². The summed E-state index contributed by atoms with van der Waals surface area (Å²) in [6.07, 6.45) is 0.546. The van der Waals surface area contributed by atoms with Crippen LogP contribution >= 0.6 is 11.3 Å². The molecule has 0 spiro atoms. The van der Waals surface area contributed by atoms with Gasteiger partial charge in [0.1, 0.15) is 4.88 Å². The number of ether oxygens (including phenoxy) is 1. The highest BCUT2D eigenvalue weighted by Crippen LogP contribution is 2.22. The summed E-state index contributed by atoms with van der Waals surface area (Å²) in [4.78, 5) is 29.5. The number of aromatic nitrogens is 3. The summed E-state index contributed by atoms with van der Waals surface area (Å²) in [6.45, 7) is 5.65. The predicted octanol–water partition coefficient (Wildman–Crippen LogP) is 3.01. The van der Waals surface area contributed by atoms with E-state index < -0.39 is 5.97 Å². The van der Waals surface area contributed by atoms with Crippen LogP contribution in [-0.4, -0.2) is 27.3 Å². The maximum Gasteiger partial charge on any atom is 0.350 e. The van der Waals surface area contributed by atoms with Gasteiger partial charge in [0.05, 0.1) is 12.3 Å². The van der Waals surface area contributed by atoms with Crippen molar-refractivity contribution in [3.05, 3.63) is 68.1 Å². The summed E-state index contributed by atoms with van der Waals surface area (Å²) in [6, 6.07) is 9.82. The number of esters is 1. The molecule has 3 rings (SSSR count). The molecule has 0 aliphatic rings. The topological polar surface area (TPSA) is 77.0 Å². The van der Waals surface area contributed by atoms with Gasteiger partial charge in [-0.3, -0.25) is 9.89 Å². The lowest BCUT2D eigenvalue weighted by Gasteiger charge is -1.98. The smallest absolute Gasteiger partial charge is 0.350 e. The lowest BCUT2D eigenvalue weighted by Crippen LogP contribution is -2.17. The third kappa shape index (κ3) is 3.41. The number of hydrogen-bond donors (Lipinski definition) is 1. The molecular weight excluding hydrogens is 338 g/mol. The van der Waals surface area contributed by atoms with E-state index in [4.69, 9.17) is 4.74 Å². The zero-order chi connectivity index (χ0) is 18.0. The molecule has 25 heavy (non-hydrogen) atoms. The van der Waals surface area contributed by atoms with Gasteiger partial charge in [-0.2, -0.15) is 4.68 Å². The molecule has 2 aromatic heterocycles. The largest absolute Gasteiger partial charge is 0.462 e. The molecule has 0 radical (unpaired) electrons. The number of aromatic amines is 1. The van der Waals surface area contributed by atoms with Crippen LogP contribution in [0.3, 0.4) is 0 Å². The van der Waals surface area contributed by atoms with Gasteiger partial charge in [0, 0.05) is 17.7 Å². The number of aryl methyl sites for hydroxylation is 2. The number of thiazole rings is 1. The minimum atomic E-state index is -0.412. The van der Waals surface area contributed by atoms with E-state index in [1.165, 1.54) is 4.68 Å². The van der Waals surface area contributed by atoms with Crippen molar-refractivity contribution >= 4 is 17.3 Å². The summed E-state index contributed by atoms with van der Waals surface area (Å²) in [5.74, 6) is -0.412. The first-order valence-corrected chi connectivity index (χ1v) is 8.82. The van der Waals surface area contributed by atoms with E-state index in [0.717, 1.165) is 22.6 Å². The van der Waals surface area contributed by atoms with Crippen molar-refractivity contribution in [3.8, 4) is 5.13 Å². The van der Waals surface area contributed by atoms with E-state index in [-0.39, 0.29) is 5.56 Å². The molecule has 2 heterocycles. The first-order valence-electron chi connectivity index (χ1n) is 8.00. The van der Waals surface area contributed by atoms with Crippen molar-refractivity contribution in [2.24, 2.45) is 0 Å². The van der Waals surface area contributed by atoms with Gasteiger partial charge < -0.3 is 4.74 Å². The third-order valence-electron chi connectivity index (χ3n) is 3.85. The molecule has 0 aliphatic heterocycles. The first kappa shape index (κ1) is 17.2. The Morgan fingerprint density at radius 1 is 1.28 bits per heavy atom. The van der Waals surface area contributed by atoms with Gasteiger partial charge in [-0.25, -0.2) is 9.78 Å². The Hall–Kier alpha value is -2.67. The summed E-state index contributed by atoms with van der Waals surface area (Å²) in [5, 5.41) is 3.50. The first-order chi connectivity index (χ1) is 12.0. The molecular formula is C18H19N3O3S. The van der Waals surface area contributed by atoms with E-state index in [9.17, 15) is 9.59 Å². The van der Waals surface area contributed by atoms with Crippen molar-refractivity contribution in [2.45, 2.75) is 27.2 Å². The number of carbonyl (C=O) groups excluding carboxylic acids is 1. The number of hydrogen-bond acceptors (Lipinski definition) is 5. The van der Waals surface area contributed by atoms with Crippen LogP contribution in [0.4, 0.5) is 0 Å². The Bertz CT molecular complexity index is 954. The van der Waals surface area contributed by atoms with E-state index in [0.29, 0.717) is 34.3 Å². The molecule has 1 N–H and O–H groups in total. The maximum absolute atomic E-state index is 12.8. The molecule has 0 saturated heterocycles. The van der Waals surface area contributed by atoms with Gasteiger partial charge in [0.15, 0.2) is 0 Å². The molecule has 0 unspecified atom stereocenters. The van der Waals surface area contributed by atoms with Crippen LogP contribution in [0.25, 0.3) is 5.13 Å². The summed E-state index contributed by atoms with van der Waals surface area (Å²) >= 11 is 1.15. The zero-order valence-electron chi connectivity index (χ0n) is 14.3. The van der Waals surface area contributed by atoms with Crippen molar-refractivity contribution in [1.82, 2.24) is 14.8 Å². The molecule has 0 saturated carbocycles. The Labute approximate surface area is 149 Å². The second-order valence-electron chi connectivity index (χ2n) is 5.65. The predicted molar refractivity (Wildman–Crippen MR) is 96.7 cm³/mol. The minimum absolute atomic E-state index is 0.148. The van der Waals surface area contributed by atoms with Crippen LogP contribution in [-0.2, 0) is 11.2 Å². The standard InChI is InChI=1S/C18H19N3O3S/c1-4-24-17(23)15-12(3)19-18(25-15)21-16(22)14(11(2)20-21)10-13-8-6-5-7-9-13/h5-9,20H,4,10H2,1-3H3. The van der Waals surface area contributed by atoms with Gasteiger partial charge in [0.25, 0.3) is 5.56 Å². The summed E-state index contributed by atoms with van der Waals surface area (Å²) < 4.78 is 6.43. The van der Waals surface area contributed by atoms with E-state index in [2.05, 4.69) is 10.1 Å². The lowest BCUT2D eigenvalue weighted by molar-refractivity contribution is 0.0531. The summed E-state index contributed by atoms with van der Waals surface area (Å²) in [7, 11) is 0. The van der Waals surface area contributed by atoms with Gasteiger partial charge in [-0.05, 0) is 26.3 Å². The highest BCUT2D eigenvalue weighted by atomic mass is 32.1. The van der Waals surface area contributed by atoms with Crippen molar-refractivity contribution in [1.29, 1.82) is 0 Å².